The van der Waals surface area contributed by atoms with Gasteiger partial charge in [0.1, 0.15) is 11.6 Å². The largest absolute Gasteiger partial charge is 0.299 e. The number of hydrogen-bond donors (Lipinski definition) is 0. The number of carbonyl (C=O) groups is 2. The summed E-state index contributed by atoms with van der Waals surface area (Å²) in [6.45, 7) is 5.70. The van der Waals surface area contributed by atoms with E-state index in [4.69, 9.17) is 0 Å². The summed E-state index contributed by atoms with van der Waals surface area (Å²) >= 11 is 0. The normalized spacial score (nSPS) is 23.6. The first-order chi connectivity index (χ1) is 5.41. The molecule has 68 valence electrons. The average molecular weight is 168 g/mol. The van der Waals surface area contributed by atoms with Crippen LogP contribution in [0.15, 0.2) is 0 Å². The number of Topliss-reactive ketones (excluding diaryl/α,β-unsaturated/α-hetero) is 2. The van der Waals surface area contributed by atoms with E-state index in [1.807, 2.05) is 20.8 Å². The monoisotopic (exact) mass is 168 g/mol. The van der Waals surface area contributed by atoms with Gasteiger partial charge in [-0.1, -0.05) is 20.8 Å². The highest BCUT2D eigenvalue weighted by atomic mass is 16.1. The maximum Gasteiger partial charge on any atom is 0.138 e. The van der Waals surface area contributed by atoms with Crippen LogP contribution in [-0.4, -0.2) is 11.6 Å². The van der Waals surface area contributed by atoms with Crippen molar-refractivity contribution < 1.29 is 9.59 Å². The molecule has 0 aromatic heterocycles. The van der Waals surface area contributed by atoms with Crippen LogP contribution in [0.3, 0.4) is 0 Å². The Hall–Kier alpha value is -0.660. The molecular formula is C10H16O2. The van der Waals surface area contributed by atoms with Crippen LogP contribution in [0.25, 0.3) is 0 Å². The summed E-state index contributed by atoms with van der Waals surface area (Å²) in [7, 11) is 0. The van der Waals surface area contributed by atoms with Crippen molar-refractivity contribution in [2.24, 2.45) is 11.3 Å². The van der Waals surface area contributed by atoms with Gasteiger partial charge in [0.2, 0.25) is 0 Å². The van der Waals surface area contributed by atoms with Crippen molar-refractivity contribution in [2.45, 2.75) is 40.0 Å². The van der Waals surface area contributed by atoms with Gasteiger partial charge in [0.15, 0.2) is 0 Å². The summed E-state index contributed by atoms with van der Waals surface area (Å²) in [6.07, 6.45) is 2.06. The van der Waals surface area contributed by atoms with Crippen molar-refractivity contribution in [1.82, 2.24) is 0 Å². The second-order valence-electron chi connectivity index (χ2n) is 4.58. The van der Waals surface area contributed by atoms with Crippen LogP contribution in [0.4, 0.5) is 0 Å². The Morgan fingerprint density at radius 2 is 2.08 bits per heavy atom. The van der Waals surface area contributed by atoms with E-state index in [1.54, 1.807) is 0 Å². The zero-order chi connectivity index (χ0) is 9.35. The van der Waals surface area contributed by atoms with Gasteiger partial charge in [0.25, 0.3) is 0 Å². The second kappa shape index (κ2) is 3.00. The summed E-state index contributed by atoms with van der Waals surface area (Å²) in [5.41, 5.74) is -0.282. The Kier molecular flexibility index (Phi) is 2.36. The zero-order valence-electron chi connectivity index (χ0n) is 8.02. The molecule has 1 atom stereocenters. The molecule has 1 rings (SSSR count). The summed E-state index contributed by atoms with van der Waals surface area (Å²) in [5, 5.41) is 0. The Balaban J connectivity index is 2.42. The van der Waals surface area contributed by atoms with E-state index in [9.17, 15) is 9.59 Å². The van der Waals surface area contributed by atoms with Gasteiger partial charge in [0, 0.05) is 24.2 Å². The van der Waals surface area contributed by atoms with E-state index in [1.165, 1.54) is 0 Å². The van der Waals surface area contributed by atoms with Gasteiger partial charge >= 0.3 is 0 Å². The topological polar surface area (TPSA) is 34.1 Å². The number of ketones is 2. The molecule has 2 heteroatoms. The molecule has 2 nitrogen and oxygen atoms in total. The van der Waals surface area contributed by atoms with Crippen LogP contribution in [0, 0.1) is 11.3 Å². The Labute approximate surface area is 73.3 Å². The second-order valence-corrected chi connectivity index (χ2v) is 4.58. The average Bonchev–Trinajstić information content (AvgIpc) is 1.95. The fourth-order valence-corrected chi connectivity index (χ4v) is 1.21. The summed E-state index contributed by atoms with van der Waals surface area (Å²) in [6, 6.07) is 0. The van der Waals surface area contributed by atoms with Crippen LogP contribution >= 0.6 is 0 Å². The Morgan fingerprint density at radius 1 is 1.50 bits per heavy atom. The third-order valence-electron chi connectivity index (χ3n) is 2.46. The van der Waals surface area contributed by atoms with E-state index in [2.05, 4.69) is 0 Å². The van der Waals surface area contributed by atoms with Crippen LogP contribution in [0.5, 0.6) is 0 Å². The lowest BCUT2D eigenvalue weighted by atomic mass is 9.76. The van der Waals surface area contributed by atoms with Gasteiger partial charge < -0.3 is 0 Å². The van der Waals surface area contributed by atoms with Crippen molar-refractivity contribution in [3.63, 3.8) is 0 Å². The van der Waals surface area contributed by atoms with Gasteiger partial charge in [-0.05, 0) is 6.42 Å². The molecule has 0 spiro atoms. The van der Waals surface area contributed by atoms with E-state index in [-0.39, 0.29) is 22.9 Å². The number of rotatable bonds is 2. The highest BCUT2D eigenvalue weighted by Crippen LogP contribution is 2.29. The van der Waals surface area contributed by atoms with Crippen molar-refractivity contribution >= 4 is 11.6 Å². The standard InChI is InChI=1S/C10H16O2/c1-10(2,3)9(12)6-7-4-5-8(7)11/h7H,4-6H2,1-3H3. The van der Waals surface area contributed by atoms with Crippen LogP contribution in [0.1, 0.15) is 40.0 Å². The van der Waals surface area contributed by atoms with Crippen molar-refractivity contribution in [2.75, 3.05) is 0 Å². The molecule has 0 aliphatic heterocycles. The predicted molar refractivity (Wildman–Crippen MR) is 46.8 cm³/mol. The lowest BCUT2D eigenvalue weighted by molar-refractivity contribution is -0.136. The summed E-state index contributed by atoms with van der Waals surface area (Å²) < 4.78 is 0. The molecule has 1 unspecified atom stereocenters. The van der Waals surface area contributed by atoms with E-state index < -0.39 is 0 Å². The molecule has 1 fully saturated rings. The van der Waals surface area contributed by atoms with Crippen LogP contribution < -0.4 is 0 Å². The van der Waals surface area contributed by atoms with Gasteiger partial charge in [-0.3, -0.25) is 9.59 Å². The minimum absolute atomic E-state index is 0.0525. The molecule has 0 saturated heterocycles. The van der Waals surface area contributed by atoms with Gasteiger partial charge in [0.05, 0.1) is 0 Å². The first-order valence-electron chi connectivity index (χ1n) is 4.47. The molecule has 12 heavy (non-hydrogen) atoms. The maximum atomic E-state index is 11.5. The van der Waals surface area contributed by atoms with Crippen LogP contribution in [0.2, 0.25) is 0 Å². The van der Waals surface area contributed by atoms with Crippen molar-refractivity contribution in [3.8, 4) is 0 Å². The van der Waals surface area contributed by atoms with Crippen LogP contribution in [-0.2, 0) is 9.59 Å². The molecule has 0 N–H and O–H groups in total. The first kappa shape index (κ1) is 9.43. The highest BCUT2D eigenvalue weighted by molar-refractivity contribution is 5.93. The predicted octanol–water partition coefficient (Wildman–Crippen LogP) is 1.97. The zero-order valence-corrected chi connectivity index (χ0v) is 8.02. The SMILES string of the molecule is CC(C)(C)C(=O)CC1CCC1=O. The molecule has 0 amide bonds. The number of hydrogen-bond acceptors (Lipinski definition) is 2. The molecule has 0 aromatic carbocycles. The van der Waals surface area contributed by atoms with Gasteiger partial charge in [-0.2, -0.15) is 0 Å². The van der Waals surface area contributed by atoms with Crippen molar-refractivity contribution in [3.05, 3.63) is 0 Å². The van der Waals surface area contributed by atoms with E-state index in [0.717, 1.165) is 6.42 Å². The Bertz CT molecular complexity index is 210. The van der Waals surface area contributed by atoms with E-state index >= 15 is 0 Å². The quantitative estimate of drug-likeness (QED) is 0.631. The van der Waals surface area contributed by atoms with Gasteiger partial charge in [-0.15, -0.1) is 0 Å². The van der Waals surface area contributed by atoms with Gasteiger partial charge in [-0.25, -0.2) is 0 Å². The fraction of sp³-hybridized carbons (Fsp3) is 0.800. The molecule has 1 aliphatic rings. The molecule has 1 aliphatic carbocycles. The molecule has 0 radical (unpaired) electrons. The smallest absolute Gasteiger partial charge is 0.138 e. The molecule has 1 saturated carbocycles. The summed E-state index contributed by atoms with van der Waals surface area (Å²) in [5.74, 6) is 0.532. The minimum Gasteiger partial charge on any atom is -0.299 e. The Morgan fingerprint density at radius 3 is 2.33 bits per heavy atom. The van der Waals surface area contributed by atoms with Crippen molar-refractivity contribution in [1.29, 1.82) is 0 Å². The lowest BCUT2D eigenvalue weighted by Crippen LogP contribution is -2.32. The maximum absolute atomic E-state index is 11.5. The molecule has 0 bridgehead atoms. The lowest BCUT2D eigenvalue weighted by Gasteiger charge is -2.26. The molecule has 0 aromatic rings. The summed E-state index contributed by atoms with van der Waals surface area (Å²) in [4.78, 5) is 22.4. The number of carbonyl (C=O) groups excluding carboxylic acids is 2. The molecular weight excluding hydrogens is 152 g/mol. The minimum atomic E-state index is -0.282. The third kappa shape index (κ3) is 1.93. The fourth-order valence-electron chi connectivity index (χ4n) is 1.21. The third-order valence-corrected chi connectivity index (χ3v) is 2.46. The first-order valence-corrected chi connectivity index (χ1v) is 4.47. The molecule has 0 heterocycles. The highest BCUT2D eigenvalue weighted by Gasteiger charge is 2.33. The van der Waals surface area contributed by atoms with E-state index in [0.29, 0.717) is 12.8 Å².